The Balaban J connectivity index is 1.96. The Morgan fingerprint density at radius 2 is 1.95 bits per heavy atom. The quantitative estimate of drug-likeness (QED) is 0.856. The van der Waals surface area contributed by atoms with Crippen LogP contribution in [0, 0.1) is 0 Å². The van der Waals surface area contributed by atoms with Crippen molar-refractivity contribution in [1.29, 1.82) is 0 Å². The molecule has 1 saturated carbocycles. The molecule has 1 aliphatic carbocycles. The summed E-state index contributed by atoms with van der Waals surface area (Å²) in [4.78, 5) is 15.1. The molecule has 2 aromatic rings. The van der Waals surface area contributed by atoms with E-state index in [0.717, 1.165) is 29.4 Å². The monoisotopic (exact) mass is 317 g/mol. The van der Waals surface area contributed by atoms with E-state index in [2.05, 4.69) is 19.7 Å². The third-order valence-electron chi connectivity index (χ3n) is 3.89. The molecule has 6 nitrogen and oxygen atoms in total. The van der Waals surface area contributed by atoms with E-state index in [9.17, 15) is 4.79 Å². The van der Waals surface area contributed by atoms with E-state index in [1.807, 2.05) is 12.1 Å². The van der Waals surface area contributed by atoms with E-state index >= 15 is 0 Å². The van der Waals surface area contributed by atoms with Gasteiger partial charge in [0.2, 0.25) is 5.91 Å². The first-order valence-corrected chi connectivity index (χ1v) is 8.50. The second-order valence-electron chi connectivity index (χ2n) is 5.46. The van der Waals surface area contributed by atoms with Gasteiger partial charge in [-0.25, -0.2) is 0 Å². The molecule has 0 aromatic carbocycles. The summed E-state index contributed by atoms with van der Waals surface area (Å²) in [5.74, 6) is 0.733. The lowest BCUT2D eigenvalue weighted by molar-refractivity contribution is -0.115. The summed E-state index contributed by atoms with van der Waals surface area (Å²) in [7, 11) is 0. The molecule has 0 unspecified atom stereocenters. The predicted octanol–water partition coefficient (Wildman–Crippen LogP) is 2.42. The fraction of sp³-hybridized carbons (Fsp3) is 0.467. The van der Waals surface area contributed by atoms with Gasteiger partial charge in [-0.2, -0.15) is 0 Å². The smallest absolute Gasteiger partial charge is 0.227 e. The maximum atomic E-state index is 11.1. The molecule has 1 aliphatic rings. The Hall–Kier alpha value is -1.89. The van der Waals surface area contributed by atoms with Gasteiger partial charge in [0.25, 0.3) is 0 Å². The van der Waals surface area contributed by atoms with Crippen LogP contribution in [0.25, 0.3) is 11.4 Å². The van der Waals surface area contributed by atoms with Crippen LogP contribution in [0.4, 0.5) is 0 Å². The highest BCUT2D eigenvalue weighted by molar-refractivity contribution is 7.99. The zero-order valence-corrected chi connectivity index (χ0v) is 13.1. The lowest BCUT2D eigenvalue weighted by atomic mass is 9.95. The SMILES string of the molecule is NC(=O)CSc1nnc(-c2ccncc2)n1C1CCCCC1. The third-order valence-corrected chi connectivity index (χ3v) is 4.85. The zero-order chi connectivity index (χ0) is 15.4. The molecule has 0 radical (unpaired) electrons. The first-order chi connectivity index (χ1) is 10.8. The van der Waals surface area contributed by atoms with E-state index in [1.165, 1.54) is 31.0 Å². The van der Waals surface area contributed by atoms with Crippen molar-refractivity contribution < 1.29 is 4.79 Å². The molecule has 0 saturated heterocycles. The summed E-state index contributed by atoms with van der Waals surface area (Å²) in [6, 6.07) is 4.26. The predicted molar refractivity (Wildman–Crippen MR) is 85.3 cm³/mol. The summed E-state index contributed by atoms with van der Waals surface area (Å²) in [6.45, 7) is 0. The van der Waals surface area contributed by atoms with E-state index in [4.69, 9.17) is 5.73 Å². The highest BCUT2D eigenvalue weighted by Crippen LogP contribution is 2.35. The number of carbonyl (C=O) groups excluding carboxylic acids is 1. The number of primary amides is 1. The van der Waals surface area contributed by atoms with Crippen molar-refractivity contribution in [3.63, 3.8) is 0 Å². The molecule has 22 heavy (non-hydrogen) atoms. The minimum atomic E-state index is -0.339. The van der Waals surface area contributed by atoms with Gasteiger partial charge in [-0.3, -0.25) is 14.3 Å². The molecule has 0 spiro atoms. The lowest BCUT2D eigenvalue weighted by Gasteiger charge is -2.25. The van der Waals surface area contributed by atoms with Crippen LogP contribution in [-0.2, 0) is 4.79 Å². The molecule has 2 aromatic heterocycles. The first-order valence-electron chi connectivity index (χ1n) is 7.52. The van der Waals surface area contributed by atoms with Gasteiger partial charge >= 0.3 is 0 Å². The van der Waals surface area contributed by atoms with Gasteiger partial charge in [0.15, 0.2) is 11.0 Å². The highest BCUT2D eigenvalue weighted by Gasteiger charge is 2.23. The normalized spacial score (nSPS) is 15.8. The van der Waals surface area contributed by atoms with Crippen molar-refractivity contribution in [2.75, 3.05) is 5.75 Å². The minimum Gasteiger partial charge on any atom is -0.369 e. The molecule has 2 heterocycles. The fourth-order valence-electron chi connectivity index (χ4n) is 2.88. The Morgan fingerprint density at radius 3 is 2.64 bits per heavy atom. The largest absolute Gasteiger partial charge is 0.369 e. The average Bonchev–Trinajstić information content (AvgIpc) is 2.98. The van der Waals surface area contributed by atoms with Crippen molar-refractivity contribution in [3.05, 3.63) is 24.5 Å². The Bertz CT molecular complexity index is 637. The Labute approximate surface area is 133 Å². The molecule has 116 valence electrons. The number of rotatable bonds is 5. The first kappa shape index (κ1) is 15.0. The number of thioether (sulfide) groups is 1. The molecule has 0 bridgehead atoms. The van der Waals surface area contributed by atoms with E-state index in [0.29, 0.717) is 6.04 Å². The second-order valence-corrected chi connectivity index (χ2v) is 6.40. The molecule has 1 amide bonds. The number of carbonyl (C=O) groups is 1. The van der Waals surface area contributed by atoms with Gasteiger partial charge in [-0.05, 0) is 25.0 Å². The maximum Gasteiger partial charge on any atom is 0.227 e. The summed E-state index contributed by atoms with van der Waals surface area (Å²) in [5, 5.41) is 9.41. The topological polar surface area (TPSA) is 86.7 Å². The van der Waals surface area contributed by atoms with Crippen LogP contribution >= 0.6 is 11.8 Å². The maximum absolute atomic E-state index is 11.1. The second kappa shape index (κ2) is 6.91. The van der Waals surface area contributed by atoms with Crippen LogP contribution in [0.1, 0.15) is 38.1 Å². The standard InChI is InChI=1S/C15H19N5OS/c16-13(21)10-22-15-19-18-14(11-6-8-17-9-7-11)20(15)12-4-2-1-3-5-12/h6-9,12H,1-5,10H2,(H2,16,21). The summed E-state index contributed by atoms with van der Waals surface area (Å²) < 4.78 is 2.18. The van der Waals surface area contributed by atoms with Crippen molar-refractivity contribution in [1.82, 2.24) is 19.7 Å². The van der Waals surface area contributed by atoms with Crippen molar-refractivity contribution in [3.8, 4) is 11.4 Å². The number of nitrogens with two attached hydrogens (primary N) is 1. The molecule has 2 N–H and O–H groups in total. The van der Waals surface area contributed by atoms with Crippen LogP contribution < -0.4 is 5.73 Å². The number of hydrogen-bond donors (Lipinski definition) is 1. The average molecular weight is 317 g/mol. The zero-order valence-electron chi connectivity index (χ0n) is 12.3. The molecule has 3 rings (SSSR count). The lowest BCUT2D eigenvalue weighted by Crippen LogP contribution is -2.17. The minimum absolute atomic E-state index is 0.223. The van der Waals surface area contributed by atoms with Crippen LogP contribution in [0.2, 0.25) is 0 Å². The number of nitrogens with zero attached hydrogens (tertiary/aromatic N) is 4. The van der Waals surface area contributed by atoms with Gasteiger partial charge in [0.05, 0.1) is 5.75 Å². The number of pyridine rings is 1. The van der Waals surface area contributed by atoms with Gasteiger partial charge in [0.1, 0.15) is 0 Å². The summed E-state index contributed by atoms with van der Waals surface area (Å²) in [6.07, 6.45) is 9.49. The van der Waals surface area contributed by atoms with Crippen molar-refractivity contribution >= 4 is 17.7 Å². The molecule has 7 heteroatoms. The Morgan fingerprint density at radius 1 is 1.23 bits per heavy atom. The van der Waals surface area contributed by atoms with Crippen LogP contribution in [-0.4, -0.2) is 31.4 Å². The van der Waals surface area contributed by atoms with Crippen LogP contribution in [0.15, 0.2) is 29.7 Å². The summed E-state index contributed by atoms with van der Waals surface area (Å²) >= 11 is 1.36. The van der Waals surface area contributed by atoms with Crippen LogP contribution in [0.3, 0.4) is 0 Å². The molecule has 0 aliphatic heterocycles. The van der Waals surface area contributed by atoms with Crippen molar-refractivity contribution in [2.45, 2.75) is 43.3 Å². The number of aromatic nitrogens is 4. The molecule has 1 fully saturated rings. The van der Waals surface area contributed by atoms with Gasteiger partial charge < -0.3 is 5.73 Å². The third kappa shape index (κ3) is 3.30. The molecular formula is C15H19N5OS. The van der Waals surface area contributed by atoms with E-state index in [-0.39, 0.29) is 11.7 Å². The number of hydrogen-bond acceptors (Lipinski definition) is 5. The van der Waals surface area contributed by atoms with Gasteiger partial charge in [-0.15, -0.1) is 10.2 Å². The Kier molecular flexibility index (Phi) is 4.72. The van der Waals surface area contributed by atoms with Crippen LogP contribution in [0.5, 0.6) is 0 Å². The molecule has 0 atom stereocenters. The summed E-state index contributed by atoms with van der Waals surface area (Å²) in [5.41, 5.74) is 6.26. The van der Waals surface area contributed by atoms with Crippen molar-refractivity contribution in [2.24, 2.45) is 5.73 Å². The fourth-order valence-corrected chi connectivity index (χ4v) is 3.62. The van der Waals surface area contributed by atoms with Gasteiger partial charge in [0, 0.05) is 24.0 Å². The van der Waals surface area contributed by atoms with Gasteiger partial charge in [-0.1, -0.05) is 31.0 Å². The highest BCUT2D eigenvalue weighted by atomic mass is 32.2. The van der Waals surface area contributed by atoms with E-state index in [1.54, 1.807) is 12.4 Å². The number of amides is 1. The molecular weight excluding hydrogens is 298 g/mol. The van der Waals surface area contributed by atoms with E-state index < -0.39 is 0 Å².